The molecule has 3 heteroatoms. The first-order valence-electron chi connectivity index (χ1n) is 8.44. The minimum atomic E-state index is 0.445. The lowest BCUT2D eigenvalue weighted by molar-refractivity contribution is 0.202. The van der Waals surface area contributed by atoms with Crippen molar-refractivity contribution in [1.29, 1.82) is 0 Å². The van der Waals surface area contributed by atoms with E-state index in [1.54, 1.807) is 0 Å². The lowest BCUT2D eigenvalue weighted by Gasteiger charge is -2.29. The summed E-state index contributed by atoms with van der Waals surface area (Å²) in [7, 11) is 0. The van der Waals surface area contributed by atoms with Gasteiger partial charge in [0.1, 0.15) is 0 Å². The molecule has 0 bridgehead atoms. The van der Waals surface area contributed by atoms with Crippen LogP contribution in [0.4, 0.5) is 0 Å². The number of hydrogen-bond donors (Lipinski definition) is 1. The van der Waals surface area contributed by atoms with Crippen molar-refractivity contribution in [2.75, 3.05) is 19.6 Å². The molecule has 118 valence electrons. The van der Waals surface area contributed by atoms with E-state index in [0.29, 0.717) is 6.04 Å². The fourth-order valence-corrected chi connectivity index (χ4v) is 3.89. The molecule has 2 nitrogen and oxygen atoms in total. The first-order valence-corrected chi connectivity index (χ1v) is 9.23. The Morgan fingerprint density at radius 3 is 2.86 bits per heavy atom. The van der Waals surface area contributed by atoms with Crippen LogP contribution in [-0.2, 0) is 0 Å². The summed E-state index contributed by atoms with van der Waals surface area (Å²) in [4.78, 5) is 2.69. The van der Waals surface area contributed by atoms with Crippen LogP contribution in [0.1, 0.15) is 57.6 Å². The molecule has 0 aliphatic carbocycles. The number of halogens is 1. The molecule has 2 atom stereocenters. The summed E-state index contributed by atoms with van der Waals surface area (Å²) < 4.78 is 1.22. The van der Waals surface area contributed by atoms with Crippen molar-refractivity contribution in [1.82, 2.24) is 10.2 Å². The van der Waals surface area contributed by atoms with Crippen LogP contribution in [0, 0.1) is 0 Å². The highest BCUT2D eigenvalue weighted by Gasteiger charge is 2.19. The van der Waals surface area contributed by atoms with Crippen LogP contribution in [0.2, 0.25) is 0 Å². The van der Waals surface area contributed by atoms with Gasteiger partial charge in [0, 0.05) is 23.1 Å². The maximum atomic E-state index is 3.70. The Kier molecular flexibility index (Phi) is 7.21. The lowest BCUT2D eigenvalue weighted by atomic mass is 10.0. The highest BCUT2D eigenvalue weighted by molar-refractivity contribution is 9.10. The monoisotopic (exact) mass is 352 g/mol. The SMILES string of the molecule is CCNC(CCN1CCCCCC1C)c1ccccc1Br. The predicted molar refractivity (Wildman–Crippen MR) is 94.7 cm³/mol. The van der Waals surface area contributed by atoms with Gasteiger partial charge in [-0.3, -0.25) is 0 Å². The van der Waals surface area contributed by atoms with Gasteiger partial charge in [0.25, 0.3) is 0 Å². The molecular weight excluding hydrogens is 324 g/mol. The van der Waals surface area contributed by atoms with E-state index < -0.39 is 0 Å². The highest BCUT2D eigenvalue weighted by atomic mass is 79.9. The molecule has 1 saturated heterocycles. The van der Waals surface area contributed by atoms with Gasteiger partial charge in [-0.1, -0.05) is 53.9 Å². The molecule has 0 radical (unpaired) electrons. The molecule has 0 spiro atoms. The smallest absolute Gasteiger partial charge is 0.0343 e. The summed E-state index contributed by atoms with van der Waals surface area (Å²) in [5, 5.41) is 3.65. The summed E-state index contributed by atoms with van der Waals surface area (Å²) in [5.74, 6) is 0. The maximum Gasteiger partial charge on any atom is 0.0343 e. The Morgan fingerprint density at radius 2 is 2.10 bits per heavy atom. The second-order valence-electron chi connectivity index (χ2n) is 6.15. The molecule has 0 aromatic heterocycles. The van der Waals surface area contributed by atoms with E-state index in [4.69, 9.17) is 0 Å². The molecule has 0 saturated carbocycles. The summed E-state index contributed by atoms with van der Waals surface area (Å²) in [6.45, 7) is 8.07. The summed E-state index contributed by atoms with van der Waals surface area (Å²) >= 11 is 3.70. The van der Waals surface area contributed by atoms with E-state index in [-0.39, 0.29) is 0 Å². The largest absolute Gasteiger partial charge is 0.310 e. The third-order valence-electron chi connectivity index (χ3n) is 4.63. The number of nitrogens with one attached hydrogen (secondary N) is 1. The number of rotatable bonds is 6. The van der Waals surface area contributed by atoms with Crippen LogP contribution in [0.5, 0.6) is 0 Å². The minimum absolute atomic E-state index is 0.445. The Bertz CT molecular complexity index is 421. The van der Waals surface area contributed by atoms with Gasteiger partial charge in [0.2, 0.25) is 0 Å². The minimum Gasteiger partial charge on any atom is -0.310 e. The summed E-state index contributed by atoms with van der Waals surface area (Å²) in [5.41, 5.74) is 1.39. The third kappa shape index (κ3) is 5.08. The van der Waals surface area contributed by atoms with Crippen molar-refractivity contribution in [3.05, 3.63) is 34.3 Å². The topological polar surface area (TPSA) is 15.3 Å². The molecule has 1 heterocycles. The van der Waals surface area contributed by atoms with E-state index in [0.717, 1.165) is 12.6 Å². The van der Waals surface area contributed by atoms with Gasteiger partial charge >= 0.3 is 0 Å². The Hall–Kier alpha value is -0.380. The van der Waals surface area contributed by atoms with E-state index in [2.05, 4.69) is 64.3 Å². The van der Waals surface area contributed by atoms with E-state index >= 15 is 0 Å². The van der Waals surface area contributed by atoms with Gasteiger partial charge in [-0.2, -0.15) is 0 Å². The van der Waals surface area contributed by atoms with Crippen molar-refractivity contribution >= 4 is 15.9 Å². The summed E-state index contributed by atoms with van der Waals surface area (Å²) in [6, 6.07) is 9.80. The number of likely N-dealkylation sites (tertiary alicyclic amines) is 1. The molecule has 21 heavy (non-hydrogen) atoms. The molecule has 1 aromatic rings. The first-order chi connectivity index (χ1) is 10.2. The van der Waals surface area contributed by atoms with E-state index in [9.17, 15) is 0 Å². The van der Waals surface area contributed by atoms with Gasteiger partial charge in [-0.05, 0) is 50.9 Å². The normalized spacial score (nSPS) is 22.0. The average Bonchev–Trinajstić information content (AvgIpc) is 2.69. The Labute approximate surface area is 138 Å². The van der Waals surface area contributed by atoms with E-state index in [1.165, 1.54) is 55.2 Å². The van der Waals surface area contributed by atoms with Crippen LogP contribution in [0.3, 0.4) is 0 Å². The van der Waals surface area contributed by atoms with Crippen LogP contribution in [-0.4, -0.2) is 30.6 Å². The molecule has 1 aromatic carbocycles. The van der Waals surface area contributed by atoms with Crippen LogP contribution in [0.15, 0.2) is 28.7 Å². The van der Waals surface area contributed by atoms with E-state index in [1.807, 2.05) is 0 Å². The standard InChI is InChI=1S/C18H29BrN2/c1-3-20-18(16-10-6-7-11-17(16)19)12-14-21-13-8-4-5-9-15(21)2/h6-7,10-11,15,18,20H,3-5,8-9,12-14H2,1-2H3. The van der Waals surface area contributed by atoms with Gasteiger partial charge in [-0.25, -0.2) is 0 Å². The maximum absolute atomic E-state index is 3.70. The fourth-order valence-electron chi connectivity index (χ4n) is 3.33. The zero-order chi connectivity index (χ0) is 15.1. The zero-order valence-corrected chi connectivity index (χ0v) is 15.0. The third-order valence-corrected chi connectivity index (χ3v) is 5.35. The molecule has 2 unspecified atom stereocenters. The number of hydrogen-bond acceptors (Lipinski definition) is 2. The van der Waals surface area contributed by atoms with Crippen LogP contribution in [0.25, 0.3) is 0 Å². The number of benzene rings is 1. The van der Waals surface area contributed by atoms with Crippen molar-refractivity contribution in [3.63, 3.8) is 0 Å². The number of nitrogens with zero attached hydrogens (tertiary/aromatic N) is 1. The van der Waals surface area contributed by atoms with Gasteiger partial charge in [-0.15, -0.1) is 0 Å². The molecule has 1 aliphatic rings. The molecule has 1 N–H and O–H groups in total. The predicted octanol–water partition coefficient (Wildman–Crippen LogP) is 4.75. The van der Waals surface area contributed by atoms with Crippen LogP contribution >= 0.6 is 15.9 Å². The average molecular weight is 353 g/mol. The van der Waals surface area contributed by atoms with Crippen molar-refractivity contribution in [3.8, 4) is 0 Å². The molecule has 2 rings (SSSR count). The summed E-state index contributed by atoms with van der Waals surface area (Å²) in [6.07, 6.45) is 6.72. The fraction of sp³-hybridized carbons (Fsp3) is 0.667. The lowest BCUT2D eigenvalue weighted by Crippen LogP contribution is -2.35. The zero-order valence-electron chi connectivity index (χ0n) is 13.4. The van der Waals surface area contributed by atoms with Gasteiger partial charge < -0.3 is 10.2 Å². The molecule has 1 aliphatic heterocycles. The quantitative estimate of drug-likeness (QED) is 0.794. The van der Waals surface area contributed by atoms with Crippen molar-refractivity contribution in [2.45, 2.75) is 58.0 Å². The highest BCUT2D eigenvalue weighted by Crippen LogP contribution is 2.26. The Balaban J connectivity index is 1.98. The molecule has 0 amide bonds. The second-order valence-corrected chi connectivity index (χ2v) is 7.01. The molecule has 1 fully saturated rings. The van der Waals surface area contributed by atoms with Gasteiger partial charge in [0.15, 0.2) is 0 Å². The molecular formula is C18H29BrN2. The van der Waals surface area contributed by atoms with Gasteiger partial charge in [0.05, 0.1) is 0 Å². The van der Waals surface area contributed by atoms with Crippen molar-refractivity contribution < 1.29 is 0 Å². The van der Waals surface area contributed by atoms with Crippen molar-refractivity contribution in [2.24, 2.45) is 0 Å². The second kappa shape index (κ2) is 8.92. The first kappa shape index (κ1) is 17.0. The van der Waals surface area contributed by atoms with Crippen LogP contribution < -0.4 is 5.32 Å². The Morgan fingerprint density at radius 1 is 1.29 bits per heavy atom.